The zero-order chi connectivity index (χ0) is 3.58. The summed E-state index contributed by atoms with van der Waals surface area (Å²) in [5.41, 5.74) is 0. The predicted octanol–water partition coefficient (Wildman–Crippen LogP) is -3.53. The first-order chi connectivity index (χ1) is 1.73. The summed E-state index contributed by atoms with van der Waals surface area (Å²) < 4.78 is 0. The van der Waals surface area contributed by atoms with Crippen molar-refractivity contribution in [1.82, 2.24) is 6.15 Å². The Morgan fingerprint density at radius 2 is 1.33 bits per heavy atom. The fourth-order valence-corrected chi connectivity index (χ4v) is 0. The van der Waals surface area contributed by atoms with E-state index in [1.165, 1.54) is 0 Å². The van der Waals surface area contributed by atoms with Crippen LogP contribution in [0, 0.1) is 0 Å². The van der Waals surface area contributed by atoms with Crippen LogP contribution in [-0.4, -0.2) is 38.5 Å². The van der Waals surface area contributed by atoms with Gasteiger partial charge in [-0.05, 0) is 0 Å². The molecule has 0 rings (SSSR count). The van der Waals surface area contributed by atoms with E-state index in [1.54, 1.807) is 0 Å². The summed E-state index contributed by atoms with van der Waals surface area (Å²) in [7, 11) is -2.67. The number of hydrogen-bond donors (Lipinski definition) is 2. The second kappa shape index (κ2) is 9.25. The molecule has 35 valence electrons. The van der Waals surface area contributed by atoms with Crippen LogP contribution in [0.2, 0.25) is 0 Å². The Morgan fingerprint density at radius 3 is 1.33 bits per heavy atom. The van der Waals surface area contributed by atoms with Gasteiger partial charge in [-0.2, -0.15) is 0 Å². The quantitative estimate of drug-likeness (QED) is 0.450. The summed E-state index contributed by atoms with van der Waals surface area (Å²) in [5.74, 6) is 0. The molecule has 0 unspecified atom stereocenters. The average Bonchev–Trinajstić information content (AvgIpc) is 0.811. The van der Waals surface area contributed by atoms with Crippen LogP contribution in [0.4, 0.5) is 0 Å². The van der Waals surface area contributed by atoms with Crippen LogP contribution in [0.3, 0.4) is 0 Å². The third-order valence-electron chi connectivity index (χ3n) is 0. The zero-order valence-electron chi connectivity index (χ0n) is 3.00. The third-order valence-corrected chi connectivity index (χ3v) is 0. The minimum Gasteiger partial charge on any atom is -0.871 e. The fourth-order valence-electron chi connectivity index (χ4n) is 0. The van der Waals surface area contributed by atoms with Gasteiger partial charge in [0.05, 0.1) is 7.32 Å². The van der Waals surface area contributed by atoms with Crippen LogP contribution in [-0.2, 0) is 0 Å². The van der Waals surface area contributed by atoms with E-state index in [-0.39, 0.29) is 32.4 Å². The molecule has 6 heavy (non-hydrogen) atoms. The van der Waals surface area contributed by atoms with Gasteiger partial charge in [-0.25, -0.2) is 0 Å². The molecule has 0 fully saturated rings. The maximum atomic E-state index is 8.53. The van der Waals surface area contributed by atoms with Crippen molar-refractivity contribution in [3.63, 3.8) is 0 Å². The molecule has 0 aromatic carbocycles. The molecule has 0 saturated heterocycles. The third kappa shape index (κ3) is 111. The van der Waals surface area contributed by atoms with E-state index in [0.717, 1.165) is 0 Å². The van der Waals surface area contributed by atoms with Gasteiger partial charge in [0, 0.05) is 0 Å². The molecule has 4 nitrogen and oxygen atoms in total. The van der Waals surface area contributed by atoms with E-state index in [1.807, 2.05) is 0 Å². The summed E-state index contributed by atoms with van der Waals surface area (Å²) in [6.07, 6.45) is 0. The van der Waals surface area contributed by atoms with Gasteiger partial charge in [0.15, 0.2) is 0 Å². The monoisotopic (exact) mass is 286 g/mol. The maximum absolute atomic E-state index is 8.53. The van der Waals surface area contributed by atoms with E-state index >= 15 is 0 Å². The molecule has 0 amide bonds. The largest absolute Gasteiger partial charge is 2.00 e. The van der Waals surface area contributed by atoms with Crippen LogP contribution >= 0.6 is 0 Å². The molecule has 3 radical (unpaired) electrons. The first kappa shape index (κ1) is 15.8. The van der Waals surface area contributed by atoms with Crippen LogP contribution in [0.25, 0.3) is 0 Å². The van der Waals surface area contributed by atoms with Crippen molar-refractivity contribution < 1.29 is 15.1 Å². The second-order valence-corrected chi connectivity index (χ2v) is 0.307. The van der Waals surface area contributed by atoms with Gasteiger partial charge in [-0.3, -0.25) is 0 Å². The Labute approximate surface area is 55.1 Å². The van der Waals surface area contributed by atoms with Crippen LogP contribution in [0.1, 0.15) is 0 Å². The topological polar surface area (TPSA) is 101 Å². The van der Waals surface area contributed by atoms with Gasteiger partial charge in [0.2, 0.25) is 0 Å². The first-order valence-corrected chi connectivity index (χ1v) is 0.730. The van der Waals surface area contributed by atoms with Crippen molar-refractivity contribution in [2.75, 3.05) is 0 Å². The summed E-state index contributed by atoms with van der Waals surface area (Å²) in [5, 5.41) is 24.0. The average molecular weight is 286 g/mol. The Kier molecular flexibility index (Phi) is 24.4. The molecule has 6 heteroatoms. The molecule has 0 aliphatic rings. The first-order valence-electron chi connectivity index (χ1n) is 0.730. The smallest absolute Gasteiger partial charge is 0.871 e. The van der Waals surface area contributed by atoms with E-state index in [9.17, 15) is 0 Å². The minimum absolute atomic E-state index is 0. The Hall–Kier alpha value is 0.788. The summed E-state index contributed by atoms with van der Waals surface area (Å²) >= 11 is 0. The molecule has 0 heterocycles. The molecular formula is H4BBiNO3. The standard InChI is InChI=1S/BHO3.Bi.H3N/c2-1(3)4;;/h2H;;1H3/q-2;+2;. The van der Waals surface area contributed by atoms with E-state index in [4.69, 9.17) is 15.1 Å². The molecule has 0 aliphatic heterocycles. The van der Waals surface area contributed by atoms with Gasteiger partial charge in [-0.1, -0.05) is 0 Å². The molecule has 0 atom stereocenters. The minimum atomic E-state index is -2.67. The van der Waals surface area contributed by atoms with Crippen LogP contribution in [0.15, 0.2) is 0 Å². The summed E-state index contributed by atoms with van der Waals surface area (Å²) in [4.78, 5) is 0. The number of hydrogen-bond acceptors (Lipinski definition) is 4. The molecule has 0 aromatic rings. The van der Waals surface area contributed by atoms with Crippen molar-refractivity contribution in [2.24, 2.45) is 0 Å². The Morgan fingerprint density at radius 1 is 1.33 bits per heavy atom. The van der Waals surface area contributed by atoms with Crippen molar-refractivity contribution in [3.05, 3.63) is 0 Å². The molecule has 0 saturated carbocycles. The van der Waals surface area contributed by atoms with Gasteiger partial charge in [0.1, 0.15) is 0 Å². The van der Waals surface area contributed by atoms with Crippen molar-refractivity contribution in [2.45, 2.75) is 0 Å². The van der Waals surface area contributed by atoms with Gasteiger partial charge in [0.25, 0.3) is 0 Å². The Balaban J connectivity index is -0.0000000450. The number of rotatable bonds is 0. The Bertz CT molecular complexity index is 15.5. The maximum Gasteiger partial charge on any atom is 2.00 e. The SMILES string of the molecule is N.[Bi+2].[O-]B([O-])O. The fraction of sp³-hybridized carbons (Fsp3) is 0. The summed E-state index contributed by atoms with van der Waals surface area (Å²) in [6.45, 7) is 0. The molecule has 0 aliphatic carbocycles. The van der Waals surface area contributed by atoms with Crippen LogP contribution in [0.5, 0.6) is 0 Å². The van der Waals surface area contributed by atoms with Gasteiger partial charge < -0.3 is 21.2 Å². The molecule has 4 N–H and O–H groups in total. The van der Waals surface area contributed by atoms with E-state index < -0.39 is 7.32 Å². The van der Waals surface area contributed by atoms with Crippen molar-refractivity contribution >= 4 is 33.5 Å². The predicted molar refractivity (Wildman–Crippen MR) is 18.7 cm³/mol. The van der Waals surface area contributed by atoms with Crippen molar-refractivity contribution in [1.29, 1.82) is 0 Å². The van der Waals surface area contributed by atoms with Crippen molar-refractivity contribution in [3.8, 4) is 0 Å². The van der Waals surface area contributed by atoms with E-state index in [0.29, 0.717) is 0 Å². The molecular weight excluding hydrogens is 282 g/mol. The molecule has 0 spiro atoms. The molecule has 0 bridgehead atoms. The zero-order valence-corrected chi connectivity index (χ0v) is 6.47. The van der Waals surface area contributed by atoms with Gasteiger partial charge in [-0.15, -0.1) is 0 Å². The second-order valence-electron chi connectivity index (χ2n) is 0.307. The summed E-state index contributed by atoms with van der Waals surface area (Å²) in [6, 6.07) is 0. The van der Waals surface area contributed by atoms with E-state index in [2.05, 4.69) is 0 Å². The molecule has 0 aromatic heterocycles. The van der Waals surface area contributed by atoms with Gasteiger partial charge >= 0.3 is 26.2 Å². The van der Waals surface area contributed by atoms with Crippen LogP contribution < -0.4 is 16.2 Å². The normalized spacial score (nSPS) is 4.50.